The number of ether oxygens (including phenoxy) is 4. The van der Waals surface area contributed by atoms with Crippen molar-refractivity contribution in [3.63, 3.8) is 0 Å². The SMILES string of the molecule is COC(=O)C1(Nc2cccc(Cl)c2)CCC2(CC1)c1cc3c(cc1C[C@@H]2C[C@@H](C)COc1ccnc2c1[C@H](C)CCC2)OCC([C@@H](C)OS(=O)(=O)c1ccc(C)cc1)CO3. The summed E-state index contributed by atoms with van der Waals surface area (Å²) < 4.78 is 57.1. The van der Waals surface area contributed by atoms with Gasteiger partial charge in [-0.1, -0.05) is 49.2 Å². The van der Waals surface area contributed by atoms with Crippen LogP contribution in [0.15, 0.2) is 77.8 Å². The molecule has 1 unspecified atom stereocenters. The average molecular weight is 858 g/mol. The van der Waals surface area contributed by atoms with Crippen molar-refractivity contribution in [1.82, 2.24) is 4.98 Å². The fourth-order valence-electron chi connectivity index (χ4n) is 10.3. The van der Waals surface area contributed by atoms with Crippen LogP contribution in [0.4, 0.5) is 5.69 Å². The number of methoxy groups -OCH3 is 1. The van der Waals surface area contributed by atoms with Gasteiger partial charge in [-0.05, 0) is 154 Å². The summed E-state index contributed by atoms with van der Waals surface area (Å²) in [5.74, 6) is 2.58. The number of pyridine rings is 1. The topological polar surface area (TPSA) is 122 Å². The van der Waals surface area contributed by atoms with Crippen molar-refractivity contribution in [3.05, 3.63) is 106 Å². The lowest BCUT2D eigenvalue weighted by Crippen LogP contribution is -2.53. The molecule has 1 aliphatic heterocycles. The maximum Gasteiger partial charge on any atom is 0.331 e. The zero-order valence-corrected chi connectivity index (χ0v) is 36.9. The number of halogens is 1. The number of rotatable bonds is 12. The lowest BCUT2D eigenvalue weighted by atomic mass is 9.59. The van der Waals surface area contributed by atoms with Gasteiger partial charge in [-0.15, -0.1) is 0 Å². The van der Waals surface area contributed by atoms with E-state index in [4.69, 9.17) is 34.7 Å². The molecule has 1 N–H and O–H groups in total. The molecule has 1 saturated carbocycles. The first-order valence-electron chi connectivity index (χ1n) is 21.4. The molecule has 0 bridgehead atoms. The summed E-state index contributed by atoms with van der Waals surface area (Å²) in [5.41, 5.74) is 5.44. The minimum absolute atomic E-state index is 0.119. The van der Waals surface area contributed by atoms with Crippen molar-refractivity contribution in [1.29, 1.82) is 0 Å². The van der Waals surface area contributed by atoms with Gasteiger partial charge < -0.3 is 24.3 Å². The van der Waals surface area contributed by atoms with Gasteiger partial charge in [-0.25, -0.2) is 4.79 Å². The van der Waals surface area contributed by atoms with E-state index in [0.29, 0.717) is 41.9 Å². The summed E-state index contributed by atoms with van der Waals surface area (Å²) in [4.78, 5) is 18.5. The minimum Gasteiger partial charge on any atom is -0.493 e. The number of hydrogen-bond donors (Lipinski definition) is 1. The summed E-state index contributed by atoms with van der Waals surface area (Å²) in [6.45, 7) is 9.28. The van der Waals surface area contributed by atoms with Gasteiger partial charge >= 0.3 is 5.97 Å². The number of hydrogen-bond acceptors (Lipinski definition) is 10. The molecule has 60 heavy (non-hydrogen) atoms. The molecule has 3 aliphatic carbocycles. The Morgan fingerprint density at radius 3 is 2.45 bits per heavy atom. The van der Waals surface area contributed by atoms with E-state index in [1.54, 1.807) is 31.2 Å². The summed E-state index contributed by atoms with van der Waals surface area (Å²) in [6, 6.07) is 20.4. The maximum atomic E-state index is 13.7. The summed E-state index contributed by atoms with van der Waals surface area (Å²) >= 11 is 6.38. The van der Waals surface area contributed by atoms with Gasteiger partial charge in [0.25, 0.3) is 10.1 Å². The standard InChI is InChI=1S/C48H57ClN2O8S/c1-30-12-14-39(15-13-30)60(53,54)59-33(4)35-28-57-43-24-34-23-36(22-31(2)27-56-42-16-21-50-41-11-6-8-32(3)45(41)42)47(40(34)26-44(43)58-29-35)17-19-48(20-18-47,46(52)55-5)51-38-10-7-9-37(49)25-38/h7,9-10,12-16,21,24-26,31-33,35-36,51H,6,8,11,17-20,22-23,27-29H2,1-5H3/t31-,32-,33-,35?,36+,47?,48?/m1/s1. The molecule has 1 aromatic heterocycles. The molecule has 12 heteroatoms. The molecule has 1 spiro atoms. The number of aromatic nitrogens is 1. The molecule has 320 valence electrons. The summed E-state index contributed by atoms with van der Waals surface area (Å²) in [5, 5.41) is 4.15. The fraction of sp³-hybridized carbons (Fsp3) is 0.500. The van der Waals surface area contributed by atoms with E-state index in [1.807, 2.05) is 43.5 Å². The molecule has 4 aliphatic rings. The van der Waals surface area contributed by atoms with Gasteiger partial charge in [0.15, 0.2) is 11.5 Å². The zero-order valence-electron chi connectivity index (χ0n) is 35.3. The lowest BCUT2D eigenvalue weighted by Gasteiger charge is -2.47. The number of esters is 1. The molecular formula is C48H57ClN2O8S. The molecule has 1 fully saturated rings. The monoisotopic (exact) mass is 856 g/mol. The van der Waals surface area contributed by atoms with Crippen molar-refractivity contribution in [2.24, 2.45) is 17.8 Å². The van der Waals surface area contributed by atoms with Crippen LogP contribution >= 0.6 is 11.6 Å². The van der Waals surface area contributed by atoms with E-state index in [9.17, 15) is 13.2 Å². The van der Waals surface area contributed by atoms with Gasteiger partial charge in [-0.3, -0.25) is 9.17 Å². The Bertz CT molecular complexity index is 2310. The zero-order chi connectivity index (χ0) is 42.2. The van der Waals surface area contributed by atoms with Crippen LogP contribution in [0.25, 0.3) is 0 Å². The van der Waals surface area contributed by atoms with Gasteiger partial charge in [0.05, 0.1) is 43.8 Å². The average Bonchev–Trinajstić information content (AvgIpc) is 3.34. The van der Waals surface area contributed by atoms with Crippen LogP contribution in [-0.2, 0) is 42.1 Å². The Kier molecular flexibility index (Phi) is 12.2. The quantitative estimate of drug-likeness (QED) is 0.109. The molecule has 3 aromatic carbocycles. The van der Waals surface area contributed by atoms with E-state index >= 15 is 0 Å². The molecule has 5 atom stereocenters. The number of benzene rings is 3. The first-order valence-corrected chi connectivity index (χ1v) is 23.2. The van der Waals surface area contributed by atoms with Crippen molar-refractivity contribution in [2.75, 3.05) is 32.2 Å². The van der Waals surface area contributed by atoms with Crippen molar-refractivity contribution in [3.8, 4) is 17.2 Å². The molecular weight excluding hydrogens is 800 g/mol. The predicted octanol–water partition coefficient (Wildman–Crippen LogP) is 9.78. The normalized spacial score (nSPS) is 25.7. The largest absolute Gasteiger partial charge is 0.493 e. The second kappa shape index (κ2) is 17.2. The Hall–Kier alpha value is -4.32. The number of anilines is 1. The molecule has 0 amide bonds. The van der Waals surface area contributed by atoms with E-state index in [-0.39, 0.29) is 47.2 Å². The van der Waals surface area contributed by atoms with Crippen LogP contribution in [0.1, 0.15) is 99.6 Å². The summed E-state index contributed by atoms with van der Waals surface area (Å²) in [6.07, 6.45) is 8.90. The Morgan fingerprint density at radius 2 is 1.73 bits per heavy atom. The molecule has 10 nitrogen and oxygen atoms in total. The number of fused-ring (bicyclic) bond motifs is 4. The van der Waals surface area contributed by atoms with Gasteiger partial charge in [0, 0.05) is 28.2 Å². The van der Waals surface area contributed by atoms with E-state index in [0.717, 1.165) is 67.6 Å². The van der Waals surface area contributed by atoms with Crippen molar-refractivity contribution in [2.45, 2.75) is 113 Å². The Labute approximate surface area is 359 Å². The third-order valence-electron chi connectivity index (χ3n) is 13.7. The smallest absolute Gasteiger partial charge is 0.331 e. The molecule has 0 radical (unpaired) electrons. The maximum absolute atomic E-state index is 13.7. The highest BCUT2D eigenvalue weighted by Crippen LogP contribution is 2.58. The lowest BCUT2D eigenvalue weighted by molar-refractivity contribution is -0.148. The summed E-state index contributed by atoms with van der Waals surface area (Å²) in [7, 11) is -2.53. The third kappa shape index (κ3) is 8.46. The second-order valence-electron chi connectivity index (χ2n) is 17.8. The highest BCUT2D eigenvalue weighted by molar-refractivity contribution is 7.86. The molecule has 0 saturated heterocycles. The van der Waals surface area contributed by atoms with E-state index < -0.39 is 21.8 Å². The fourth-order valence-corrected chi connectivity index (χ4v) is 11.6. The van der Waals surface area contributed by atoms with Gasteiger partial charge in [0.1, 0.15) is 11.3 Å². The first kappa shape index (κ1) is 42.4. The van der Waals surface area contributed by atoms with E-state index in [2.05, 4.69) is 36.3 Å². The highest BCUT2D eigenvalue weighted by atomic mass is 35.5. The van der Waals surface area contributed by atoms with Crippen molar-refractivity contribution >= 4 is 33.4 Å². The molecule has 8 rings (SSSR count). The first-order chi connectivity index (χ1) is 28.8. The Balaban J connectivity index is 1.04. The molecule has 4 aromatic rings. The number of carbonyl (C=O) groups excluding carboxylic acids is 1. The van der Waals surface area contributed by atoms with Gasteiger partial charge in [-0.2, -0.15) is 8.42 Å². The number of nitrogens with one attached hydrogen (secondary N) is 1. The van der Waals surface area contributed by atoms with Crippen LogP contribution in [0, 0.1) is 24.7 Å². The van der Waals surface area contributed by atoms with E-state index in [1.165, 1.54) is 23.8 Å². The van der Waals surface area contributed by atoms with Crippen LogP contribution < -0.4 is 19.5 Å². The van der Waals surface area contributed by atoms with Crippen molar-refractivity contribution < 1.29 is 36.3 Å². The number of nitrogens with zero attached hydrogens (tertiary/aromatic N) is 1. The van der Waals surface area contributed by atoms with Crippen LogP contribution in [0.3, 0.4) is 0 Å². The number of aryl methyl sites for hydroxylation is 2. The van der Waals surface area contributed by atoms with Crippen LogP contribution in [-0.4, -0.2) is 57.9 Å². The molecule has 2 heterocycles. The highest BCUT2D eigenvalue weighted by Gasteiger charge is 2.55. The second-order valence-corrected chi connectivity index (χ2v) is 19.8. The Morgan fingerprint density at radius 1 is 1.00 bits per heavy atom. The minimum atomic E-state index is -3.98. The third-order valence-corrected chi connectivity index (χ3v) is 15.3. The predicted molar refractivity (Wildman–Crippen MR) is 232 cm³/mol. The van der Waals surface area contributed by atoms with Crippen LogP contribution in [0.5, 0.6) is 17.2 Å². The van der Waals surface area contributed by atoms with Crippen LogP contribution in [0.2, 0.25) is 5.02 Å². The number of carbonyl (C=O) groups is 1. The van der Waals surface area contributed by atoms with Gasteiger partial charge in [0.2, 0.25) is 0 Å².